The Morgan fingerprint density at radius 1 is 1.28 bits per heavy atom. The molecule has 1 atom stereocenters. The van der Waals surface area contributed by atoms with E-state index in [1.807, 2.05) is 41.1 Å². The third-order valence-electron chi connectivity index (χ3n) is 3.46. The number of nitrogens with zero attached hydrogens (tertiary/aromatic N) is 2. The lowest BCUT2D eigenvalue weighted by Crippen LogP contribution is -2.24. The van der Waals surface area contributed by atoms with E-state index < -0.39 is 11.2 Å². The minimum Gasteiger partial charge on any atom is -0.366 e. The number of rotatable bonds is 6. The zero-order valence-electron chi connectivity index (χ0n) is 13.4. The number of amides is 2. The Hall–Kier alpha value is -2.58. The number of carbonyl (C=O) groups is 2. The van der Waals surface area contributed by atoms with Crippen LogP contribution in [0.15, 0.2) is 59.3 Å². The lowest BCUT2D eigenvalue weighted by molar-refractivity contribution is -0.115. The number of benzene rings is 1. The first kappa shape index (κ1) is 17.2. The Morgan fingerprint density at radius 2 is 2.04 bits per heavy atom. The molecule has 0 aliphatic rings. The molecular formula is C17H16N4O2S2. The third-order valence-corrected chi connectivity index (χ3v) is 5.37. The first-order chi connectivity index (χ1) is 12.1. The Bertz CT molecular complexity index is 889. The minimum absolute atomic E-state index is 0.211. The molecule has 2 amide bonds. The molecule has 6 nitrogen and oxygen atoms in total. The van der Waals surface area contributed by atoms with E-state index in [0.717, 1.165) is 10.8 Å². The van der Waals surface area contributed by atoms with Crippen LogP contribution >= 0.6 is 23.1 Å². The number of nitrogens with two attached hydrogens (primary N) is 1. The summed E-state index contributed by atoms with van der Waals surface area (Å²) in [6.07, 6.45) is 3.55. The topological polar surface area (TPSA) is 90.0 Å². The average molecular weight is 372 g/mol. The highest BCUT2D eigenvalue weighted by atomic mass is 32.2. The van der Waals surface area contributed by atoms with Gasteiger partial charge in [0.25, 0.3) is 5.91 Å². The van der Waals surface area contributed by atoms with Gasteiger partial charge in [0.2, 0.25) is 5.91 Å². The Labute approximate surface area is 153 Å². The van der Waals surface area contributed by atoms with Crippen molar-refractivity contribution in [2.45, 2.75) is 17.3 Å². The van der Waals surface area contributed by atoms with Crippen LogP contribution in [0.2, 0.25) is 0 Å². The van der Waals surface area contributed by atoms with Gasteiger partial charge in [0.1, 0.15) is 5.00 Å². The fourth-order valence-corrected chi connectivity index (χ4v) is 3.87. The number of nitrogens with one attached hydrogen (secondary N) is 1. The quantitative estimate of drug-likeness (QED) is 0.651. The van der Waals surface area contributed by atoms with Gasteiger partial charge >= 0.3 is 0 Å². The van der Waals surface area contributed by atoms with Gasteiger partial charge in [0.05, 0.1) is 10.8 Å². The summed E-state index contributed by atoms with van der Waals surface area (Å²) in [7, 11) is 0. The van der Waals surface area contributed by atoms with Gasteiger partial charge in [-0.25, -0.2) is 4.98 Å². The molecule has 0 aliphatic heterocycles. The maximum atomic E-state index is 12.4. The van der Waals surface area contributed by atoms with E-state index >= 15 is 0 Å². The van der Waals surface area contributed by atoms with Crippen molar-refractivity contribution in [1.82, 2.24) is 9.55 Å². The van der Waals surface area contributed by atoms with Gasteiger partial charge in [-0.05, 0) is 30.5 Å². The molecule has 2 aromatic heterocycles. The SMILES string of the molecule is CC(Sc1nccn1-c1ccccc1)C(=O)Nc1sccc1C(N)=O. The van der Waals surface area contributed by atoms with Gasteiger partial charge in [-0.2, -0.15) is 0 Å². The van der Waals surface area contributed by atoms with Gasteiger partial charge in [-0.3, -0.25) is 14.2 Å². The standard InChI is InChI=1S/C17H16N4O2S2/c1-11(15(23)20-16-13(14(18)22)7-10-24-16)25-17-19-8-9-21(17)12-5-3-2-4-6-12/h2-11H,1H3,(H2,18,22)(H,20,23). The van der Waals surface area contributed by atoms with Crippen LogP contribution in [0.25, 0.3) is 5.69 Å². The normalized spacial score (nSPS) is 11.9. The van der Waals surface area contributed by atoms with E-state index in [1.165, 1.54) is 23.1 Å². The monoisotopic (exact) mass is 372 g/mol. The van der Waals surface area contributed by atoms with Crippen molar-refractivity contribution < 1.29 is 9.59 Å². The van der Waals surface area contributed by atoms with Crippen LogP contribution < -0.4 is 11.1 Å². The zero-order chi connectivity index (χ0) is 17.8. The minimum atomic E-state index is -0.559. The molecular weight excluding hydrogens is 356 g/mol. The largest absolute Gasteiger partial charge is 0.366 e. The Morgan fingerprint density at radius 3 is 2.76 bits per heavy atom. The molecule has 1 aromatic carbocycles. The van der Waals surface area contributed by atoms with Gasteiger partial charge in [-0.15, -0.1) is 11.3 Å². The summed E-state index contributed by atoms with van der Waals surface area (Å²) < 4.78 is 1.93. The Balaban J connectivity index is 1.72. The maximum Gasteiger partial charge on any atom is 0.251 e. The summed E-state index contributed by atoms with van der Waals surface area (Å²) in [6, 6.07) is 11.4. The summed E-state index contributed by atoms with van der Waals surface area (Å²) in [5.41, 5.74) is 6.60. The third kappa shape index (κ3) is 3.92. The van der Waals surface area contributed by atoms with Crippen LogP contribution in [0.1, 0.15) is 17.3 Å². The molecule has 25 heavy (non-hydrogen) atoms. The van der Waals surface area contributed by atoms with E-state index in [9.17, 15) is 9.59 Å². The van der Waals surface area contributed by atoms with E-state index in [-0.39, 0.29) is 5.91 Å². The van der Waals surface area contributed by atoms with Crippen LogP contribution in [0.5, 0.6) is 0 Å². The molecule has 3 rings (SSSR count). The Kier molecular flexibility index (Phi) is 5.20. The highest BCUT2D eigenvalue weighted by molar-refractivity contribution is 8.00. The predicted octanol–water partition coefficient (Wildman–Crippen LogP) is 3.15. The van der Waals surface area contributed by atoms with E-state index in [2.05, 4.69) is 10.3 Å². The molecule has 0 fully saturated rings. The average Bonchev–Trinajstić information content (AvgIpc) is 3.25. The van der Waals surface area contributed by atoms with Crippen LogP contribution in [0.3, 0.4) is 0 Å². The summed E-state index contributed by atoms with van der Waals surface area (Å²) in [5.74, 6) is -0.769. The van der Waals surface area contributed by atoms with Crippen molar-refractivity contribution in [2.24, 2.45) is 5.73 Å². The highest BCUT2D eigenvalue weighted by Crippen LogP contribution is 2.27. The van der Waals surface area contributed by atoms with E-state index in [0.29, 0.717) is 10.6 Å². The van der Waals surface area contributed by atoms with Crippen molar-refractivity contribution in [3.63, 3.8) is 0 Å². The summed E-state index contributed by atoms with van der Waals surface area (Å²) in [4.78, 5) is 28.1. The van der Waals surface area contributed by atoms with Crippen LogP contribution in [-0.4, -0.2) is 26.6 Å². The van der Waals surface area contributed by atoms with Crippen LogP contribution in [-0.2, 0) is 4.79 Å². The van der Waals surface area contributed by atoms with Gasteiger partial charge in [0, 0.05) is 18.1 Å². The fourth-order valence-electron chi connectivity index (χ4n) is 2.19. The molecule has 0 spiro atoms. The van der Waals surface area contributed by atoms with Gasteiger partial charge in [0.15, 0.2) is 5.16 Å². The number of primary amides is 1. The first-order valence-corrected chi connectivity index (χ1v) is 9.26. The van der Waals surface area contributed by atoms with Crippen LogP contribution in [0, 0.1) is 0 Å². The second-order valence-electron chi connectivity index (χ2n) is 5.19. The maximum absolute atomic E-state index is 12.4. The molecule has 128 valence electrons. The summed E-state index contributed by atoms with van der Waals surface area (Å²) >= 11 is 2.61. The lowest BCUT2D eigenvalue weighted by Gasteiger charge is -2.13. The number of hydrogen-bond acceptors (Lipinski definition) is 5. The van der Waals surface area contributed by atoms with Gasteiger partial charge < -0.3 is 11.1 Å². The molecule has 3 N–H and O–H groups in total. The van der Waals surface area contributed by atoms with Crippen molar-refractivity contribution >= 4 is 39.9 Å². The number of hydrogen-bond donors (Lipinski definition) is 2. The van der Waals surface area contributed by atoms with E-state index in [4.69, 9.17) is 5.73 Å². The molecule has 0 bridgehead atoms. The van der Waals surface area contributed by atoms with Crippen LogP contribution in [0.4, 0.5) is 5.00 Å². The molecule has 0 radical (unpaired) electrons. The number of aromatic nitrogens is 2. The molecule has 2 heterocycles. The second-order valence-corrected chi connectivity index (χ2v) is 7.42. The smallest absolute Gasteiger partial charge is 0.251 e. The van der Waals surface area contributed by atoms with Crippen molar-refractivity contribution in [1.29, 1.82) is 0 Å². The molecule has 0 saturated heterocycles. The van der Waals surface area contributed by atoms with Crippen molar-refractivity contribution in [2.75, 3.05) is 5.32 Å². The first-order valence-electron chi connectivity index (χ1n) is 7.50. The highest BCUT2D eigenvalue weighted by Gasteiger charge is 2.20. The number of thioether (sulfide) groups is 1. The van der Waals surface area contributed by atoms with Crippen molar-refractivity contribution in [3.05, 3.63) is 59.7 Å². The number of carbonyl (C=O) groups excluding carboxylic acids is 2. The number of imidazole rings is 1. The molecule has 1 unspecified atom stereocenters. The molecule has 8 heteroatoms. The second kappa shape index (κ2) is 7.54. The predicted molar refractivity (Wildman–Crippen MR) is 100 cm³/mol. The molecule has 0 aliphatic carbocycles. The van der Waals surface area contributed by atoms with Gasteiger partial charge in [-0.1, -0.05) is 30.0 Å². The summed E-state index contributed by atoms with van der Waals surface area (Å²) in [6.45, 7) is 1.79. The number of thiophene rings is 1. The zero-order valence-corrected chi connectivity index (χ0v) is 15.0. The lowest BCUT2D eigenvalue weighted by atomic mass is 10.3. The van der Waals surface area contributed by atoms with E-state index in [1.54, 1.807) is 24.6 Å². The fraction of sp³-hybridized carbons (Fsp3) is 0.118. The number of anilines is 1. The van der Waals surface area contributed by atoms with Crippen molar-refractivity contribution in [3.8, 4) is 5.69 Å². The number of para-hydroxylation sites is 1. The summed E-state index contributed by atoms with van der Waals surface area (Å²) in [5, 5.41) is 5.27. The molecule has 0 saturated carbocycles. The molecule has 3 aromatic rings.